The summed E-state index contributed by atoms with van der Waals surface area (Å²) in [6.45, 7) is 38.0. The molecular formula is C113H119N3O8. The summed E-state index contributed by atoms with van der Waals surface area (Å²) in [5.41, 5.74) is 19.7. The Hall–Kier alpha value is -13.4. The fourth-order valence-electron chi connectivity index (χ4n) is 14.7. The van der Waals surface area contributed by atoms with E-state index in [1.54, 1.807) is 42.7 Å². The number of methoxy groups -OCH3 is 6. The topological polar surface area (TPSA) is 111 Å². The van der Waals surface area contributed by atoms with Crippen molar-refractivity contribution < 1.29 is 37.9 Å². The van der Waals surface area contributed by atoms with Crippen LogP contribution in [0, 0.1) is 6.92 Å². The number of aryl methyl sites for hydroxylation is 1. The summed E-state index contributed by atoms with van der Waals surface area (Å²) in [6.07, 6.45) is 0. The van der Waals surface area contributed by atoms with Gasteiger partial charge in [-0.25, -0.2) is 15.0 Å². The molecule has 11 heteroatoms. The smallest absolute Gasteiger partial charge is 0.131 e. The molecule has 0 N–H and O–H groups in total. The van der Waals surface area contributed by atoms with Gasteiger partial charge in [0.25, 0.3) is 0 Å². The molecule has 0 aliphatic rings. The Kier molecular flexibility index (Phi) is 29.5. The molecule has 0 fully saturated rings. The summed E-state index contributed by atoms with van der Waals surface area (Å²) in [6, 6.07) is 101. The average molecular weight is 1650 g/mol. The van der Waals surface area contributed by atoms with Crippen molar-refractivity contribution >= 4 is 51.4 Å². The van der Waals surface area contributed by atoms with Crippen LogP contribution in [0.2, 0.25) is 0 Å². The summed E-state index contributed by atoms with van der Waals surface area (Å²) in [5.74, 6) is 17.5. The van der Waals surface area contributed by atoms with Gasteiger partial charge < -0.3 is 37.9 Å². The van der Waals surface area contributed by atoms with Crippen molar-refractivity contribution in [1.29, 1.82) is 0 Å². The Labute approximate surface area is 736 Å². The predicted molar refractivity (Wildman–Crippen MR) is 516 cm³/mol. The van der Waals surface area contributed by atoms with Gasteiger partial charge >= 0.3 is 0 Å². The first-order valence-corrected chi connectivity index (χ1v) is 42.1. The molecule has 0 unspecified atom stereocenters. The molecule has 0 saturated heterocycles. The SMILES string of the molecule is COc1c(C(=C=Nc2ccccc2)c2cc(C(C)(C)C)cc(C(C)(C)C)c2OC)cc(C(C)(C)C)cc1C(C)(C)C.COc1ccc(C(C)(C)c2ccccc2)cc1C(=C=Nc1ccccc1C)c1cc(C(C)(C)c2ccccc2)ccc1OC.COc1ccc(Oc2ccccc2)cc1C(=C=Nc1ccccc1)c1cc(Oc2ccccc2)ccc1OC. The van der Waals surface area contributed by atoms with Crippen molar-refractivity contribution in [3.63, 3.8) is 0 Å². The quantitative estimate of drug-likeness (QED) is 0.0582. The average Bonchev–Trinajstić information content (AvgIpc) is 0.748. The van der Waals surface area contributed by atoms with E-state index in [2.05, 4.69) is 268 Å². The number of nitrogens with zero attached hydrogens (tertiary/aromatic N) is 3. The minimum atomic E-state index is -0.248. The number of hydrogen-bond donors (Lipinski definition) is 0. The van der Waals surface area contributed by atoms with E-state index in [9.17, 15) is 0 Å². The van der Waals surface area contributed by atoms with Crippen molar-refractivity contribution in [1.82, 2.24) is 0 Å². The Bertz CT molecular complexity index is 5740. The van der Waals surface area contributed by atoms with Gasteiger partial charge in [-0.3, -0.25) is 0 Å². The summed E-state index contributed by atoms with van der Waals surface area (Å²) in [4.78, 5) is 14.4. The van der Waals surface area contributed by atoms with Crippen LogP contribution in [0.25, 0.3) is 16.7 Å². The van der Waals surface area contributed by atoms with E-state index in [1.165, 1.54) is 22.3 Å². The molecule has 13 aromatic carbocycles. The second-order valence-electron chi connectivity index (χ2n) is 35.8. The Balaban J connectivity index is 0.000000181. The van der Waals surface area contributed by atoms with E-state index in [4.69, 9.17) is 47.9 Å². The van der Waals surface area contributed by atoms with Gasteiger partial charge in [-0.05, 0) is 213 Å². The third-order valence-corrected chi connectivity index (χ3v) is 22.2. The van der Waals surface area contributed by atoms with Crippen LogP contribution in [0.15, 0.2) is 318 Å². The maximum absolute atomic E-state index is 6.25. The minimum absolute atomic E-state index is 0.0728. The Morgan fingerprint density at radius 1 is 0.242 bits per heavy atom. The molecule has 0 aliphatic carbocycles. The molecule has 0 bridgehead atoms. The van der Waals surface area contributed by atoms with E-state index in [0.717, 1.165) is 124 Å². The van der Waals surface area contributed by atoms with Gasteiger partial charge in [-0.1, -0.05) is 287 Å². The number of hydrogen-bond acceptors (Lipinski definition) is 11. The summed E-state index contributed by atoms with van der Waals surface area (Å²) >= 11 is 0. The van der Waals surface area contributed by atoms with Crippen LogP contribution in [0.1, 0.15) is 194 Å². The fraction of sp³-hybridized carbons (Fsp3) is 0.257. The molecule has 13 aromatic rings. The normalized spacial score (nSPS) is 11.4. The van der Waals surface area contributed by atoms with Gasteiger partial charge in [0.15, 0.2) is 0 Å². The van der Waals surface area contributed by atoms with E-state index >= 15 is 0 Å². The van der Waals surface area contributed by atoms with Crippen LogP contribution < -0.4 is 37.9 Å². The molecule has 11 nitrogen and oxygen atoms in total. The minimum Gasteiger partial charge on any atom is -0.496 e. The highest BCUT2D eigenvalue weighted by molar-refractivity contribution is 6.05. The molecule has 0 aliphatic heterocycles. The molecule has 0 spiro atoms. The Morgan fingerprint density at radius 2 is 0.532 bits per heavy atom. The van der Waals surface area contributed by atoms with Crippen molar-refractivity contribution in [2.45, 2.75) is 150 Å². The number of para-hydroxylation sites is 5. The molecule has 0 saturated carbocycles. The first-order chi connectivity index (χ1) is 59.2. The number of benzene rings is 13. The van der Waals surface area contributed by atoms with Crippen molar-refractivity contribution in [2.24, 2.45) is 15.0 Å². The van der Waals surface area contributed by atoms with Crippen LogP contribution in [0.4, 0.5) is 17.1 Å². The molecule has 0 amide bonds. The largest absolute Gasteiger partial charge is 0.496 e. The van der Waals surface area contributed by atoms with Crippen molar-refractivity contribution in [3.8, 4) is 57.5 Å². The van der Waals surface area contributed by atoms with Crippen LogP contribution in [0.5, 0.6) is 57.5 Å². The van der Waals surface area contributed by atoms with Gasteiger partial charge in [0, 0.05) is 55.3 Å². The van der Waals surface area contributed by atoms with Crippen LogP contribution >= 0.6 is 0 Å². The lowest BCUT2D eigenvalue weighted by Crippen LogP contribution is -2.20. The molecule has 0 heterocycles. The molecular weight excluding hydrogens is 1530 g/mol. The number of aliphatic imine (C=N–C) groups is 3. The van der Waals surface area contributed by atoms with E-state index < -0.39 is 0 Å². The summed E-state index contributed by atoms with van der Waals surface area (Å²) in [7, 11) is 10.2. The van der Waals surface area contributed by atoms with E-state index in [-0.39, 0.29) is 32.5 Å². The molecule has 0 atom stereocenters. The van der Waals surface area contributed by atoms with Gasteiger partial charge in [-0.2, -0.15) is 0 Å². The summed E-state index contributed by atoms with van der Waals surface area (Å²) < 4.78 is 48.3. The highest BCUT2D eigenvalue weighted by Crippen LogP contribution is 2.49. The highest BCUT2D eigenvalue weighted by atomic mass is 16.5. The maximum Gasteiger partial charge on any atom is 0.131 e. The van der Waals surface area contributed by atoms with Gasteiger partial charge in [-0.15, -0.1) is 0 Å². The lowest BCUT2D eigenvalue weighted by atomic mass is 9.75. The second kappa shape index (κ2) is 40.1. The first kappa shape index (κ1) is 91.4. The maximum atomic E-state index is 6.25. The van der Waals surface area contributed by atoms with Gasteiger partial charge in [0.05, 0.1) is 76.4 Å². The van der Waals surface area contributed by atoms with Gasteiger partial charge in [0.2, 0.25) is 0 Å². The fourth-order valence-corrected chi connectivity index (χ4v) is 14.7. The number of rotatable bonds is 23. The third-order valence-electron chi connectivity index (χ3n) is 22.2. The van der Waals surface area contributed by atoms with Crippen molar-refractivity contribution in [2.75, 3.05) is 42.7 Å². The Morgan fingerprint density at radius 3 is 0.855 bits per heavy atom. The lowest BCUT2D eigenvalue weighted by Gasteiger charge is -2.31. The first-order valence-electron chi connectivity index (χ1n) is 42.1. The zero-order valence-electron chi connectivity index (χ0n) is 76.5. The lowest BCUT2D eigenvalue weighted by molar-refractivity contribution is 0.393. The second-order valence-corrected chi connectivity index (χ2v) is 35.8. The van der Waals surface area contributed by atoms with Crippen molar-refractivity contribution in [3.05, 3.63) is 387 Å². The summed E-state index contributed by atoms with van der Waals surface area (Å²) in [5, 5.41) is 0. The number of ether oxygens (including phenoxy) is 8. The highest BCUT2D eigenvalue weighted by Gasteiger charge is 2.34. The molecule has 634 valence electrons. The van der Waals surface area contributed by atoms with Crippen LogP contribution in [-0.2, 0) is 32.5 Å². The third kappa shape index (κ3) is 22.5. The molecule has 13 rings (SSSR count). The van der Waals surface area contributed by atoms with E-state index in [1.807, 2.05) is 176 Å². The molecule has 124 heavy (non-hydrogen) atoms. The van der Waals surface area contributed by atoms with Crippen LogP contribution in [0.3, 0.4) is 0 Å². The molecule has 0 aromatic heterocycles. The van der Waals surface area contributed by atoms with E-state index in [0.29, 0.717) is 28.6 Å². The standard InChI is InChI=1S/C41H41NO2.C38H51NO2.C34H27NO4/c1-29-16-14-15-21-37(29)42-28-36(34-26-32(22-24-38(34)43-6)40(2,3)30-17-10-8-11-18-30)35-27-33(23-25-39(35)44-7)41(4,5)31-19-12-9-13-20-31;1-35(2,3)25-20-28(33(40-13)31(22-25)37(7,8)9)30(24-39-27-18-16-15-17-19-27)29-21-26(36(4,5)6)23-32(34(29)41-14)38(10,11)12;1-36-33-20-18-28(38-26-14-8-4-9-15-26)22-30(33)32(24-35-25-12-6-3-7-13-25)31-23-29(19-21-34(31)37-2)39-27-16-10-5-11-17-27/h8-27H,1-7H3;15-23H,1-14H3;3-23H,1-2H3. The molecule has 0 radical (unpaired) electrons. The zero-order chi connectivity index (χ0) is 89.2. The predicted octanol–water partition coefficient (Wildman–Crippen LogP) is 29.1. The van der Waals surface area contributed by atoms with Crippen LogP contribution in [-0.4, -0.2) is 60.3 Å². The zero-order valence-corrected chi connectivity index (χ0v) is 76.5. The monoisotopic (exact) mass is 1650 g/mol. The van der Waals surface area contributed by atoms with Gasteiger partial charge in [0.1, 0.15) is 57.5 Å².